The Bertz CT molecular complexity index is 1820. The lowest BCUT2D eigenvalue weighted by atomic mass is 9.78. The van der Waals surface area contributed by atoms with Crippen LogP contribution in [0.1, 0.15) is 105 Å². The monoisotopic (exact) mass is 520 g/mol. The molecule has 0 aromatic heterocycles. The first kappa shape index (κ1) is 26.3. The molecule has 0 fully saturated rings. The van der Waals surface area contributed by atoms with E-state index in [0.717, 1.165) is 6.42 Å². The topological polar surface area (TPSA) is 0 Å². The fourth-order valence-corrected chi connectivity index (χ4v) is 6.95. The standard InChI is InChI=1S/C40H40/c1-25(2)32-23-15-22-31-24-33-37(30-20-13-14-21-30)40(35(27(5)6)34(26(3)4)39(33)38(31)32)36(28-16-9-7-10-17-28)29-18-11-8-12-19-29/h7-20,22-27H,21H2,1-6H3. The molecule has 200 valence electrons. The molecule has 0 heteroatoms. The third-order valence-electron chi connectivity index (χ3n) is 8.54. The van der Waals surface area contributed by atoms with E-state index in [-0.39, 0.29) is 0 Å². The van der Waals surface area contributed by atoms with E-state index in [1.165, 1.54) is 71.0 Å². The van der Waals surface area contributed by atoms with Gasteiger partial charge >= 0.3 is 0 Å². The first-order valence-corrected chi connectivity index (χ1v) is 14.9. The van der Waals surface area contributed by atoms with Crippen LogP contribution in [0.4, 0.5) is 0 Å². The molecule has 4 aromatic rings. The Hall–Kier alpha value is -3.90. The van der Waals surface area contributed by atoms with Crippen LogP contribution in [0.25, 0.3) is 17.2 Å². The highest BCUT2D eigenvalue weighted by Crippen LogP contribution is 2.37. The fraction of sp³-hybridized carbons (Fsp3) is 0.250. The molecule has 0 nitrogen and oxygen atoms in total. The molecule has 0 amide bonds. The summed E-state index contributed by atoms with van der Waals surface area (Å²) in [5, 5.41) is 5.71. The highest BCUT2D eigenvalue weighted by atomic mass is 14.3. The van der Waals surface area contributed by atoms with Crippen molar-refractivity contribution in [2.75, 3.05) is 0 Å². The molecule has 0 saturated heterocycles. The van der Waals surface area contributed by atoms with Crippen LogP contribution >= 0.6 is 0 Å². The molecule has 0 atom stereocenters. The largest absolute Gasteiger partial charge is 0.0801 e. The number of benzene rings is 4. The number of fused-ring (bicyclic) bond motifs is 2. The second-order valence-electron chi connectivity index (χ2n) is 12.2. The Morgan fingerprint density at radius 3 is 1.77 bits per heavy atom. The molecule has 4 aromatic carbocycles. The van der Waals surface area contributed by atoms with Crippen LogP contribution in [0.3, 0.4) is 0 Å². The number of allylic oxidation sites excluding steroid dienone is 4. The maximum atomic E-state index is 2.50. The van der Waals surface area contributed by atoms with Crippen LogP contribution in [0.5, 0.6) is 0 Å². The molecule has 0 aliphatic heterocycles. The van der Waals surface area contributed by atoms with Crippen molar-refractivity contribution < 1.29 is 0 Å². The van der Waals surface area contributed by atoms with E-state index in [4.69, 9.17) is 0 Å². The van der Waals surface area contributed by atoms with Crippen molar-refractivity contribution in [2.24, 2.45) is 0 Å². The van der Waals surface area contributed by atoms with Crippen LogP contribution in [-0.2, 0) is 0 Å². The summed E-state index contributed by atoms with van der Waals surface area (Å²) in [6, 6.07) is 29.0. The zero-order valence-electron chi connectivity index (χ0n) is 24.8. The van der Waals surface area contributed by atoms with Crippen molar-refractivity contribution in [3.8, 4) is 0 Å². The first-order chi connectivity index (χ1) is 19.4. The summed E-state index contributed by atoms with van der Waals surface area (Å²) in [6.45, 7) is 14.2. The Morgan fingerprint density at radius 1 is 0.625 bits per heavy atom. The molecule has 0 radical (unpaired) electrons. The van der Waals surface area contributed by atoms with Gasteiger partial charge in [-0.1, -0.05) is 139 Å². The van der Waals surface area contributed by atoms with Crippen LogP contribution in [0.2, 0.25) is 0 Å². The Balaban J connectivity index is 2.00. The molecular formula is C40H40. The van der Waals surface area contributed by atoms with Gasteiger partial charge in [0, 0.05) is 0 Å². The average molecular weight is 521 g/mol. The molecule has 0 saturated carbocycles. The SMILES string of the molecule is CC(C)c1c(C(C)C)c2c(c(C3=CC=CC3)c1=C(c1ccccc1)c1ccccc1)C=c1cccc(C(C)C)c1=2. The summed E-state index contributed by atoms with van der Waals surface area (Å²) in [6.07, 6.45) is 10.4. The van der Waals surface area contributed by atoms with Gasteiger partial charge in [-0.05, 0) is 101 Å². The van der Waals surface area contributed by atoms with E-state index in [1.54, 1.807) is 0 Å². The van der Waals surface area contributed by atoms with E-state index < -0.39 is 0 Å². The lowest BCUT2D eigenvalue weighted by molar-refractivity contribution is 0.775. The van der Waals surface area contributed by atoms with Crippen molar-refractivity contribution in [2.45, 2.75) is 65.7 Å². The summed E-state index contributed by atoms with van der Waals surface area (Å²) in [4.78, 5) is 0. The van der Waals surface area contributed by atoms with Gasteiger partial charge in [0.05, 0.1) is 0 Å². The van der Waals surface area contributed by atoms with Crippen LogP contribution in [-0.4, -0.2) is 0 Å². The average Bonchev–Trinajstić information content (AvgIpc) is 3.61. The second-order valence-corrected chi connectivity index (χ2v) is 12.2. The van der Waals surface area contributed by atoms with E-state index in [2.05, 4.69) is 145 Å². The van der Waals surface area contributed by atoms with Crippen molar-refractivity contribution >= 4 is 17.2 Å². The van der Waals surface area contributed by atoms with Crippen molar-refractivity contribution in [1.82, 2.24) is 0 Å². The van der Waals surface area contributed by atoms with Gasteiger partial charge in [-0.15, -0.1) is 0 Å². The first-order valence-electron chi connectivity index (χ1n) is 14.9. The Kier molecular flexibility index (Phi) is 6.97. The number of rotatable bonds is 6. The van der Waals surface area contributed by atoms with Gasteiger partial charge in [0.2, 0.25) is 0 Å². The van der Waals surface area contributed by atoms with Crippen molar-refractivity contribution in [3.05, 3.63) is 157 Å². The Labute approximate surface area is 239 Å². The summed E-state index contributed by atoms with van der Waals surface area (Å²) >= 11 is 0. The number of hydrogen-bond donors (Lipinski definition) is 0. The maximum absolute atomic E-state index is 2.50. The quantitative estimate of drug-likeness (QED) is 0.209. The fourth-order valence-electron chi connectivity index (χ4n) is 6.95. The zero-order valence-corrected chi connectivity index (χ0v) is 24.8. The second kappa shape index (κ2) is 10.6. The van der Waals surface area contributed by atoms with Gasteiger partial charge in [0.25, 0.3) is 0 Å². The van der Waals surface area contributed by atoms with E-state index >= 15 is 0 Å². The molecule has 2 aliphatic carbocycles. The maximum Gasteiger partial charge on any atom is -0.00295 e. The molecule has 40 heavy (non-hydrogen) atoms. The molecule has 0 unspecified atom stereocenters. The van der Waals surface area contributed by atoms with Crippen molar-refractivity contribution in [1.29, 1.82) is 0 Å². The molecule has 0 N–H and O–H groups in total. The van der Waals surface area contributed by atoms with E-state index in [1.807, 2.05) is 0 Å². The molecular weight excluding hydrogens is 480 g/mol. The van der Waals surface area contributed by atoms with Gasteiger partial charge in [-0.2, -0.15) is 0 Å². The third-order valence-corrected chi connectivity index (χ3v) is 8.54. The van der Waals surface area contributed by atoms with Crippen LogP contribution in [0, 0.1) is 10.4 Å². The van der Waals surface area contributed by atoms with Gasteiger partial charge in [0.1, 0.15) is 0 Å². The van der Waals surface area contributed by atoms with Gasteiger partial charge in [-0.25, -0.2) is 0 Å². The zero-order chi connectivity index (χ0) is 28.0. The Morgan fingerprint density at radius 2 is 1.25 bits per heavy atom. The highest BCUT2D eigenvalue weighted by Gasteiger charge is 2.27. The van der Waals surface area contributed by atoms with Crippen LogP contribution in [0.15, 0.2) is 97.1 Å². The minimum Gasteiger partial charge on any atom is -0.0801 e. The highest BCUT2D eigenvalue weighted by molar-refractivity contribution is 5.88. The predicted octanol–water partition coefficient (Wildman–Crippen LogP) is 9.08. The lowest BCUT2D eigenvalue weighted by Crippen LogP contribution is -2.26. The number of hydrogen-bond acceptors (Lipinski definition) is 0. The molecule has 0 bridgehead atoms. The smallest absolute Gasteiger partial charge is 0.00295 e. The third kappa shape index (κ3) is 4.31. The molecule has 0 heterocycles. The van der Waals surface area contributed by atoms with Crippen LogP contribution < -0.4 is 10.4 Å². The van der Waals surface area contributed by atoms with E-state index in [0.29, 0.717) is 17.8 Å². The summed E-state index contributed by atoms with van der Waals surface area (Å²) < 4.78 is 0. The normalized spacial score (nSPS) is 13.6. The molecule has 2 aliphatic rings. The summed E-state index contributed by atoms with van der Waals surface area (Å²) in [5.74, 6) is 1.22. The minimum atomic E-state index is 0.365. The minimum absolute atomic E-state index is 0.365. The molecule has 0 spiro atoms. The van der Waals surface area contributed by atoms with Crippen molar-refractivity contribution in [3.63, 3.8) is 0 Å². The van der Waals surface area contributed by atoms with E-state index in [9.17, 15) is 0 Å². The predicted molar refractivity (Wildman–Crippen MR) is 172 cm³/mol. The van der Waals surface area contributed by atoms with Gasteiger partial charge in [-0.3, -0.25) is 0 Å². The van der Waals surface area contributed by atoms with Gasteiger partial charge in [0.15, 0.2) is 0 Å². The molecule has 6 rings (SSSR count). The summed E-state index contributed by atoms with van der Waals surface area (Å²) in [5.41, 5.74) is 12.6. The van der Waals surface area contributed by atoms with Gasteiger partial charge < -0.3 is 0 Å². The summed E-state index contributed by atoms with van der Waals surface area (Å²) in [7, 11) is 0. The lowest BCUT2D eigenvalue weighted by Gasteiger charge is -2.26.